The van der Waals surface area contributed by atoms with Crippen LogP contribution in [0, 0.1) is 0 Å². The molecule has 0 radical (unpaired) electrons. The molecule has 0 atom stereocenters. The maximum Gasteiger partial charge on any atom is 0.270 e. The van der Waals surface area contributed by atoms with Crippen LogP contribution in [0.2, 0.25) is 0 Å². The molecular formula is C25H16N2O3S3. The first-order chi connectivity index (χ1) is 16.1. The van der Waals surface area contributed by atoms with Gasteiger partial charge >= 0.3 is 0 Å². The molecule has 0 saturated carbocycles. The zero-order valence-electron chi connectivity index (χ0n) is 17.1. The van der Waals surface area contributed by atoms with Crippen LogP contribution in [0.1, 0.15) is 4.88 Å². The van der Waals surface area contributed by atoms with Crippen LogP contribution in [-0.2, 0) is 9.59 Å². The average Bonchev–Trinajstić information content (AvgIpc) is 3.50. The average molecular weight is 489 g/mol. The van der Waals surface area contributed by atoms with Crippen molar-refractivity contribution in [3.63, 3.8) is 0 Å². The molecule has 5 nitrogen and oxygen atoms in total. The minimum Gasteiger partial charge on any atom is -0.457 e. The highest BCUT2D eigenvalue weighted by Crippen LogP contribution is 2.33. The fourth-order valence-corrected chi connectivity index (χ4v) is 5.37. The predicted octanol–water partition coefficient (Wildman–Crippen LogP) is 6.10. The van der Waals surface area contributed by atoms with E-state index in [9.17, 15) is 9.59 Å². The summed E-state index contributed by atoms with van der Waals surface area (Å²) in [5.41, 5.74) is 0.578. The number of hydrogen-bond donors (Lipinski definition) is 1. The number of hydrogen-bond acceptors (Lipinski definition) is 6. The first-order valence-corrected chi connectivity index (χ1v) is 12.1. The molecule has 2 aromatic carbocycles. The van der Waals surface area contributed by atoms with E-state index >= 15 is 0 Å². The van der Waals surface area contributed by atoms with E-state index in [0.717, 1.165) is 14.6 Å². The molecule has 0 bridgehead atoms. The van der Waals surface area contributed by atoms with E-state index in [0.29, 0.717) is 17.2 Å². The number of anilines is 1. The van der Waals surface area contributed by atoms with Crippen molar-refractivity contribution in [1.29, 1.82) is 0 Å². The molecule has 1 N–H and O–H groups in total. The van der Waals surface area contributed by atoms with Gasteiger partial charge in [0.05, 0.1) is 5.69 Å². The number of amides is 2. The van der Waals surface area contributed by atoms with Gasteiger partial charge in [-0.25, -0.2) is 0 Å². The molecule has 1 saturated heterocycles. The lowest BCUT2D eigenvalue weighted by Gasteiger charge is -2.28. The Morgan fingerprint density at radius 1 is 0.848 bits per heavy atom. The smallest absolute Gasteiger partial charge is 0.270 e. The van der Waals surface area contributed by atoms with Crippen LogP contribution >= 0.6 is 34.9 Å². The van der Waals surface area contributed by atoms with E-state index < -0.39 is 11.8 Å². The van der Waals surface area contributed by atoms with Crippen LogP contribution in [0.15, 0.2) is 89.8 Å². The van der Waals surface area contributed by atoms with Crippen LogP contribution in [-0.4, -0.2) is 16.9 Å². The lowest BCUT2D eigenvalue weighted by Crippen LogP contribution is -2.54. The van der Waals surface area contributed by atoms with Gasteiger partial charge in [0.25, 0.3) is 11.8 Å². The molecule has 4 aromatic rings. The lowest BCUT2D eigenvalue weighted by molar-refractivity contribution is -0.122. The molecule has 8 heteroatoms. The molecule has 33 heavy (non-hydrogen) atoms. The number of thiocarbonyl (C=S) groups is 1. The molecule has 0 spiro atoms. The molecule has 1 aliphatic rings. The number of rotatable bonds is 5. The van der Waals surface area contributed by atoms with E-state index in [4.69, 9.17) is 17.0 Å². The van der Waals surface area contributed by atoms with Gasteiger partial charge in [0.2, 0.25) is 0 Å². The Balaban J connectivity index is 1.39. The summed E-state index contributed by atoms with van der Waals surface area (Å²) in [5.74, 6) is 0.368. The van der Waals surface area contributed by atoms with Crippen LogP contribution in [0.5, 0.6) is 11.5 Å². The number of nitrogens with zero attached hydrogens (tertiary/aromatic N) is 1. The van der Waals surface area contributed by atoms with Crippen molar-refractivity contribution in [2.24, 2.45) is 0 Å². The maximum atomic E-state index is 13.2. The van der Waals surface area contributed by atoms with Crippen molar-refractivity contribution >= 4 is 63.6 Å². The summed E-state index contributed by atoms with van der Waals surface area (Å²) in [6.45, 7) is 0. The van der Waals surface area contributed by atoms with Crippen LogP contribution in [0.25, 0.3) is 15.8 Å². The fourth-order valence-electron chi connectivity index (χ4n) is 3.30. The normalized spacial score (nSPS) is 15.1. The largest absolute Gasteiger partial charge is 0.457 e. The minimum atomic E-state index is -0.503. The fraction of sp³-hybridized carbons (Fsp3) is 0. The van der Waals surface area contributed by atoms with Gasteiger partial charge < -0.3 is 4.74 Å². The third-order valence-electron chi connectivity index (χ3n) is 4.85. The van der Waals surface area contributed by atoms with Crippen molar-refractivity contribution in [2.45, 2.75) is 0 Å². The quantitative estimate of drug-likeness (QED) is 0.210. The number of carbonyl (C=O) groups is 2. The summed E-state index contributed by atoms with van der Waals surface area (Å²) < 4.78 is 5.81. The van der Waals surface area contributed by atoms with E-state index in [-0.39, 0.29) is 10.7 Å². The van der Waals surface area contributed by atoms with Gasteiger partial charge in [0, 0.05) is 14.6 Å². The lowest BCUT2D eigenvalue weighted by atomic mass is 10.1. The third kappa shape index (κ3) is 4.49. The maximum absolute atomic E-state index is 13.2. The Morgan fingerprint density at radius 3 is 2.33 bits per heavy atom. The third-order valence-corrected chi connectivity index (χ3v) is 7.24. The Kier molecular flexibility index (Phi) is 5.87. The van der Waals surface area contributed by atoms with Gasteiger partial charge in [-0.2, -0.15) is 0 Å². The molecular weight excluding hydrogens is 472 g/mol. The molecule has 0 unspecified atom stereocenters. The second-order valence-corrected chi connectivity index (χ2v) is 9.50. The van der Waals surface area contributed by atoms with Crippen LogP contribution in [0.3, 0.4) is 0 Å². The van der Waals surface area contributed by atoms with Crippen LogP contribution < -0.4 is 15.0 Å². The molecule has 3 heterocycles. The second-order valence-electron chi connectivity index (χ2n) is 7.05. The summed E-state index contributed by atoms with van der Waals surface area (Å²) in [7, 11) is 0. The Bertz CT molecular complexity index is 1360. The molecule has 1 fully saturated rings. The first kappa shape index (κ1) is 21.3. The number of benzene rings is 2. The Labute approximate surface area is 203 Å². The SMILES string of the molecule is O=C1NC(=S)N(c2ccc(Oc3ccccc3)cc2)C(=O)/C1=C/c1ccc(-c2cccs2)s1. The highest BCUT2D eigenvalue weighted by atomic mass is 32.1. The number of ether oxygens (including phenoxy) is 1. The summed E-state index contributed by atoms with van der Waals surface area (Å²) in [6.07, 6.45) is 1.61. The monoisotopic (exact) mass is 488 g/mol. The van der Waals surface area contributed by atoms with Crippen molar-refractivity contribution in [1.82, 2.24) is 5.32 Å². The van der Waals surface area contributed by atoms with Crippen LogP contribution in [0.4, 0.5) is 5.69 Å². The molecule has 2 aromatic heterocycles. The van der Waals surface area contributed by atoms with Gasteiger partial charge in [0.15, 0.2) is 5.11 Å². The summed E-state index contributed by atoms with van der Waals surface area (Å²) in [5, 5.41) is 4.68. The van der Waals surface area contributed by atoms with E-state index in [1.807, 2.05) is 60.0 Å². The van der Waals surface area contributed by atoms with Gasteiger partial charge in [0.1, 0.15) is 17.1 Å². The van der Waals surface area contributed by atoms with Gasteiger partial charge in [-0.15, -0.1) is 22.7 Å². The molecule has 162 valence electrons. The van der Waals surface area contributed by atoms with Gasteiger partial charge in [-0.3, -0.25) is 19.8 Å². The van der Waals surface area contributed by atoms with Gasteiger partial charge in [-0.05, 0) is 78.3 Å². The highest BCUT2D eigenvalue weighted by molar-refractivity contribution is 7.80. The molecule has 5 rings (SSSR count). The number of para-hydroxylation sites is 1. The topological polar surface area (TPSA) is 58.6 Å². The summed E-state index contributed by atoms with van der Waals surface area (Å²) in [6, 6.07) is 24.3. The van der Waals surface area contributed by atoms with Crippen molar-refractivity contribution in [2.75, 3.05) is 4.90 Å². The minimum absolute atomic E-state index is 0.0350. The Morgan fingerprint density at radius 2 is 1.61 bits per heavy atom. The van der Waals surface area contributed by atoms with Crippen molar-refractivity contribution in [3.05, 3.63) is 94.7 Å². The molecule has 1 aliphatic heterocycles. The number of thiophene rings is 2. The highest BCUT2D eigenvalue weighted by Gasteiger charge is 2.34. The van der Waals surface area contributed by atoms with Gasteiger partial charge in [-0.1, -0.05) is 24.3 Å². The molecule has 2 amide bonds. The standard InChI is InChI=1S/C25H16N2O3S3/c28-23-20(15-19-12-13-22(33-19)21-7-4-14-32-21)24(29)27(25(31)26-23)16-8-10-18(11-9-16)30-17-5-2-1-3-6-17/h1-15H,(H,26,28,31)/b20-15+. The predicted molar refractivity (Wildman–Crippen MR) is 137 cm³/mol. The zero-order valence-corrected chi connectivity index (χ0v) is 19.5. The number of nitrogens with one attached hydrogen (secondary N) is 1. The van der Waals surface area contributed by atoms with E-state index in [1.165, 1.54) is 16.2 Å². The van der Waals surface area contributed by atoms with Crippen molar-refractivity contribution in [3.8, 4) is 21.3 Å². The second kappa shape index (κ2) is 9.11. The summed E-state index contributed by atoms with van der Waals surface area (Å²) >= 11 is 8.46. The van der Waals surface area contributed by atoms with E-state index in [2.05, 4.69) is 5.32 Å². The summed E-state index contributed by atoms with van der Waals surface area (Å²) in [4.78, 5) is 30.2. The van der Waals surface area contributed by atoms with Crippen molar-refractivity contribution < 1.29 is 14.3 Å². The number of carbonyl (C=O) groups excluding carboxylic acids is 2. The Hall–Kier alpha value is -3.59. The molecule has 0 aliphatic carbocycles. The first-order valence-electron chi connectivity index (χ1n) is 9.96. The van der Waals surface area contributed by atoms with E-state index in [1.54, 1.807) is 41.7 Å². The zero-order chi connectivity index (χ0) is 22.8.